The molecule has 0 fully saturated rings. The zero-order valence-electron chi connectivity index (χ0n) is 7.67. The van der Waals surface area contributed by atoms with Gasteiger partial charge in [0.25, 0.3) is 0 Å². The van der Waals surface area contributed by atoms with Crippen LogP contribution in [-0.4, -0.2) is 0 Å². The van der Waals surface area contributed by atoms with E-state index in [1.807, 2.05) is 18.2 Å². The third-order valence-corrected chi connectivity index (χ3v) is 1.80. The summed E-state index contributed by atoms with van der Waals surface area (Å²) in [5, 5.41) is 0. The first-order valence-corrected chi connectivity index (χ1v) is 4.28. The number of rotatable bonds is 2. The van der Waals surface area contributed by atoms with Crippen molar-refractivity contribution in [3.05, 3.63) is 35.4 Å². The lowest BCUT2D eigenvalue weighted by atomic mass is 9.98. The molecule has 0 saturated heterocycles. The molecule has 0 amide bonds. The molecule has 12 heavy (non-hydrogen) atoms. The SMILES string of the molecule is C#Cc1ccccc1CC(C)C. The Bertz CT molecular complexity index is 289. The van der Waals surface area contributed by atoms with E-state index in [-0.39, 0.29) is 0 Å². The molecule has 0 unspecified atom stereocenters. The fourth-order valence-corrected chi connectivity index (χ4v) is 1.28. The lowest BCUT2D eigenvalue weighted by molar-refractivity contribution is 0.646. The Balaban J connectivity index is 2.91. The van der Waals surface area contributed by atoms with Crippen molar-refractivity contribution in [3.63, 3.8) is 0 Å². The minimum atomic E-state index is 0.666. The minimum Gasteiger partial charge on any atom is -0.115 e. The van der Waals surface area contributed by atoms with Gasteiger partial charge in [0.05, 0.1) is 0 Å². The van der Waals surface area contributed by atoms with Crippen LogP contribution in [0, 0.1) is 18.3 Å². The molecule has 0 saturated carbocycles. The van der Waals surface area contributed by atoms with Gasteiger partial charge in [-0.15, -0.1) is 6.42 Å². The molecule has 0 radical (unpaired) electrons. The van der Waals surface area contributed by atoms with Crippen molar-refractivity contribution in [3.8, 4) is 12.3 Å². The molecule has 0 aliphatic heterocycles. The van der Waals surface area contributed by atoms with Crippen molar-refractivity contribution in [2.45, 2.75) is 20.3 Å². The molecule has 0 heterocycles. The topological polar surface area (TPSA) is 0 Å². The lowest BCUT2D eigenvalue weighted by Gasteiger charge is -2.06. The van der Waals surface area contributed by atoms with Gasteiger partial charge in [0, 0.05) is 5.56 Å². The summed E-state index contributed by atoms with van der Waals surface area (Å²) < 4.78 is 0. The highest BCUT2D eigenvalue weighted by molar-refractivity contribution is 5.39. The van der Waals surface area contributed by atoms with Gasteiger partial charge in [0.1, 0.15) is 0 Å². The average molecular weight is 158 g/mol. The number of hydrogen-bond donors (Lipinski definition) is 0. The third kappa shape index (κ3) is 2.13. The quantitative estimate of drug-likeness (QED) is 0.580. The van der Waals surface area contributed by atoms with Gasteiger partial charge in [-0.05, 0) is 24.0 Å². The molecule has 1 aromatic rings. The summed E-state index contributed by atoms with van der Waals surface area (Å²) in [6.07, 6.45) is 6.45. The van der Waals surface area contributed by atoms with Crippen LogP contribution in [0.1, 0.15) is 25.0 Å². The lowest BCUT2D eigenvalue weighted by Crippen LogP contribution is -1.96. The highest BCUT2D eigenvalue weighted by Gasteiger charge is 2.00. The Morgan fingerprint density at radius 1 is 1.33 bits per heavy atom. The molecule has 0 nitrogen and oxygen atoms in total. The van der Waals surface area contributed by atoms with Crippen LogP contribution in [0.2, 0.25) is 0 Å². The van der Waals surface area contributed by atoms with Gasteiger partial charge < -0.3 is 0 Å². The first-order valence-electron chi connectivity index (χ1n) is 4.28. The van der Waals surface area contributed by atoms with Gasteiger partial charge in [-0.2, -0.15) is 0 Å². The monoisotopic (exact) mass is 158 g/mol. The van der Waals surface area contributed by atoms with E-state index in [0.29, 0.717) is 5.92 Å². The zero-order valence-corrected chi connectivity index (χ0v) is 7.67. The van der Waals surface area contributed by atoms with Gasteiger partial charge in [-0.3, -0.25) is 0 Å². The molecule has 1 aromatic carbocycles. The predicted molar refractivity (Wildman–Crippen MR) is 52.9 cm³/mol. The second-order valence-electron chi connectivity index (χ2n) is 3.40. The Labute approximate surface area is 74.6 Å². The predicted octanol–water partition coefficient (Wildman–Crippen LogP) is 2.87. The maximum absolute atomic E-state index is 5.38. The second-order valence-corrected chi connectivity index (χ2v) is 3.40. The maximum atomic E-state index is 5.38. The normalized spacial score (nSPS) is 9.83. The second kappa shape index (κ2) is 3.97. The summed E-state index contributed by atoms with van der Waals surface area (Å²) in [5.74, 6) is 3.37. The molecular weight excluding hydrogens is 144 g/mol. The van der Waals surface area contributed by atoms with Crippen LogP contribution in [0.25, 0.3) is 0 Å². The number of hydrogen-bond acceptors (Lipinski definition) is 0. The fourth-order valence-electron chi connectivity index (χ4n) is 1.28. The van der Waals surface area contributed by atoms with Crippen LogP contribution in [0.15, 0.2) is 24.3 Å². The summed E-state index contributed by atoms with van der Waals surface area (Å²) in [6, 6.07) is 8.13. The summed E-state index contributed by atoms with van der Waals surface area (Å²) in [4.78, 5) is 0. The van der Waals surface area contributed by atoms with Crippen molar-refractivity contribution in [1.29, 1.82) is 0 Å². The average Bonchev–Trinajstić information content (AvgIpc) is 2.04. The first-order chi connectivity index (χ1) is 5.74. The highest BCUT2D eigenvalue weighted by atomic mass is 14.0. The van der Waals surface area contributed by atoms with Gasteiger partial charge in [-0.25, -0.2) is 0 Å². The minimum absolute atomic E-state index is 0.666. The smallest absolute Gasteiger partial charge is 0.0274 e. The van der Waals surface area contributed by atoms with Crippen molar-refractivity contribution in [1.82, 2.24) is 0 Å². The van der Waals surface area contributed by atoms with E-state index in [9.17, 15) is 0 Å². The molecule has 0 atom stereocenters. The Morgan fingerprint density at radius 3 is 2.58 bits per heavy atom. The van der Waals surface area contributed by atoms with Crippen LogP contribution in [-0.2, 0) is 6.42 Å². The van der Waals surface area contributed by atoms with Crippen molar-refractivity contribution in [2.75, 3.05) is 0 Å². The van der Waals surface area contributed by atoms with Gasteiger partial charge in [-0.1, -0.05) is 38.0 Å². The van der Waals surface area contributed by atoms with E-state index in [2.05, 4.69) is 25.8 Å². The summed E-state index contributed by atoms with van der Waals surface area (Å²) in [5.41, 5.74) is 2.32. The van der Waals surface area contributed by atoms with E-state index in [4.69, 9.17) is 6.42 Å². The maximum Gasteiger partial charge on any atom is 0.0274 e. The van der Waals surface area contributed by atoms with Crippen LogP contribution in [0.3, 0.4) is 0 Å². The standard InChI is InChI=1S/C12H14/c1-4-11-7-5-6-8-12(11)9-10(2)3/h1,5-8,10H,9H2,2-3H3. The molecule has 0 aliphatic rings. The Kier molecular flexibility index (Phi) is 2.94. The molecule has 1 rings (SSSR count). The van der Waals surface area contributed by atoms with Crippen molar-refractivity contribution >= 4 is 0 Å². The van der Waals surface area contributed by atoms with E-state index >= 15 is 0 Å². The van der Waals surface area contributed by atoms with Crippen LogP contribution >= 0.6 is 0 Å². The van der Waals surface area contributed by atoms with Crippen LogP contribution < -0.4 is 0 Å². The van der Waals surface area contributed by atoms with Crippen LogP contribution in [0.4, 0.5) is 0 Å². The third-order valence-electron chi connectivity index (χ3n) is 1.80. The summed E-state index contributed by atoms with van der Waals surface area (Å²) >= 11 is 0. The number of terminal acetylenes is 1. The molecule has 0 heteroatoms. The van der Waals surface area contributed by atoms with E-state index in [1.165, 1.54) is 5.56 Å². The van der Waals surface area contributed by atoms with Crippen molar-refractivity contribution < 1.29 is 0 Å². The fraction of sp³-hybridized carbons (Fsp3) is 0.333. The Hall–Kier alpha value is -1.22. The number of benzene rings is 1. The Morgan fingerprint density at radius 2 is 2.00 bits per heavy atom. The van der Waals surface area contributed by atoms with Gasteiger partial charge in [0.2, 0.25) is 0 Å². The largest absolute Gasteiger partial charge is 0.115 e. The molecule has 0 spiro atoms. The zero-order chi connectivity index (χ0) is 8.97. The van der Waals surface area contributed by atoms with Crippen molar-refractivity contribution in [2.24, 2.45) is 5.92 Å². The molecule has 0 aliphatic carbocycles. The van der Waals surface area contributed by atoms with Crippen LogP contribution in [0.5, 0.6) is 0 Å². The molecule has 0 aromatic heterocycles. The first kappa shape index (κ1) is 8.87. The van der Waals surface area contributed by atoms with Gasteiger partial charge >= 0.3 is 0 Å². The van der Waals surface area contributed by atoms with E-state index in [1.54, 1.807) is 0 Å². The molecule has 0 N–H and O–H groups in total. The van der Waals surface area contributed by atoms with E-state index < -0.39 is 0 Å². The molecule has 0 bridgehead atoms. The van der Waals surface area contributed by atoms with Gasteiger partial charge in [0.15, 0.2) is 0 Å². The van der Waals surface area contributed by atoms with E-state index in [0.717, 1.165) is 12.0 Å². The molecule has 62 valence electrons. The summed E-state index contributed by atoms with van der Waals surface area (Å²) in [7, 11) is 0. The summed E-state index contributed by atoms with van der Waals surface area (Å²) in [6.45, 7) is 4.40. The highest BCUT2D eigenvalue weighted by Crippen LogP contribution is 2.12. The molecular formula is C12H14.